The molecule has 6 atom stereocenters. The number of hydrogen-bond donors (Lipinski definition) is 4. The van der Waals surface area contributed by atoms with Crippen LogP contribution in [0.15, 0.2) is 0 Å². The molecular formula is C45H87NO9. The van der Waals surface area contributed by atoms with Crippen molar-refractivity contribution in [3.05, 3.63) is 0 Å². The van der Waals surface area contributed by atoms with Crippen molar-refractivity contribution < 1.29 is 43.9 Å². The molecule has 2 unspecified atom stereocenters. The molecule has 5 N–H and O–H groups in total. The Bertz CT molecular complexity index is 877. The van der Waals surface area contributed by atoms with Crippen LogP contribution in [0.3, 0.4) is 0 Å². The van der Waals surface area contributed by atoms with Gasteiger partial charge >= 0.3 is 11.9 Å². The van der Waals surface area contributed by atoms with Crippen LogP contribution >= 0.6 is 0 Å². The second-order valence-corrected chi connectivity index (χ2v) is 16.3. The zero-order chi connectivity index (χ0) is 40.2. The maximum atomic E-state index is 12.7. The van der Waals surface area contributed by atoms with Crippen LogP contribution in [-0.2, 0) is 28.5 Å². The van der Waals surface area contributed by atoms with Gasteiger partial charge in [0.05, 0.1) is 6.61 Å². The van der Waals surface area contributed by atoms with E-state index in [-0.39, 0.29) is 32.1 Å². The summed E-state index contributed by atoms with van der Waals surface area (Å²) in [6.07, 6.45) is 30.3. The normalized spacial score (nSPS) is 20.4. The number of esters is 2. The summed E-state index contributed by atoms with van der Waals surface area (Å²) in [6, 6.07) is 0. The molecular weight excluding hydrogens is 698 g/mol. The molecule has 1 heterocycles. The van der Waals surface area contributed by atoms with E-state index in [2.05, 4.69) is 13.8 Å². The lowest BCUT2D eigenvalue weighted by Gasteiger charge is -2.41. The zero-order valence-corrected chi connectivity index (χ0v) is 35.6. The van der Waals surface area contributed by atoms with Gasteiger partial charge in [0.2, 0.25) is 0 Å². The van der Waals surface area contributed by atoms with E-state index in [4.69, 9.17) is 24.7 Å². The first-order valence-electron chi connectivity index (χ1n) is 23.2. The molecule has 1 fully saturated rings. The van der Waals surface area contributed by atoms with Gasteiger partial charge in [-0.25, -0.2) is 0 Å². The number of aliphatic hydroxyl groups excluding tert-OH is 3. The monoisotopic (exact) mass is 786 g/mol. The summed E-state index contributed by atoms with van der Waals surface area (Å²) < 4.78 is 22.2. The fraction of sp³-hybridized carbons (Fsp3) is 0.956. The van der Waals surface area contributed by atoms with Gasteiger partial charge in [0, 0.05) is 19.4 Å². The Morgan fingerprint density at radius 1 is 0.545 bits per heavy atom. The topological polar surface area (TPSA) is 158 Å². The predicted molar refractivity (Wildman–Crippen MR) is 222 cm³/mol. The van der Waals surface area contributed by atoms with Gasteiger partial charge in [-0.2, -0.15) is 0 Å². The number of rotatable bonds is 39. The van der Waals surface area contributed by atoms with Gasteiger partial charge in [0.15, 0.2) is 12.4 Å². The molecule has 0 aromatic heterocycles. The number of hydrogen-bond acceptors (Lipinski definition) is 10. The number of carbonyl (C=O) groups excluding carboxylic acids is 2. The van der Waals surface area contributed by atoms with Crippen molar-refractivity contribution in [2.75, 3.05) is 19.8 Å². The van der Waals surface area contributed by atoms with Crippen LogP contribution < -0.4 is 5.73 Å². The highest BCUT2D eigenvalue weighted by atomic mass is 16.7. The Balaban J connectivity index is 2.18. The molecule has 0 bridgehead atoms. The molecule has 0 amide bonds. The van der Waals surface area contributed by atoms with Crippen LogP contribution in [0, 0.1) is 0 Å². The van der Waals surface area contributed by atoms with E-state index in [0.717, 1.165) is 38.5 Å². The van der Waals surface area contributed by atoms with Gasteiger partial charge in [0.25, 0.3) is 0 Å². The molecule has 0 aromatic rings. The highest BCUT2D eigenvalue weighted by molar-refractivity contribution is 5.69. The first kappa shape index (κ1) is 51.7. The van der Waals surface area contributed by atoms with Crippen molar-refractivity contribution in [2.24, 2.45) is 5.73 Å². The third-order valence-corrected chi connectivity index (χ3v) is 11.0. The Morgan fingerprint density at radius 2 is 0.909 bits per heavy atom. The van der Waals surface area contributed by atoms with Crippen LogP contribution in [0.2, 0.25) is 0 Å². The Morgan fingerprint density at radius 3 is 1.29 bits per heavy atom. The fourth-order valence-corrected chi connectivity index (χ4v) is 7.37. The van der Waals surface area contributed by atoms with E-state index in [1.165, 1.54) is 148 Å². The van der Waals surface area contributed by atoms with E-state index in [9.17, 15) is 24.9 Å². The summed E-state index contributed by atoms with van der Waals surface area (Å²) in [5.74, 6) is -0.878. The lowest BCUT2D eigenvalue weighted by atomic mass is 9.98. The van der Waals surface area contributed by atoms with E-state index < -0.39 is 42.8 Å². The van der Waals surface area contributed by atoms with Crippen LogP contribution in [-0.4, -0.2) is 83.8 Å². The summed E-state index contributed by atoms with van der Waals surface area (Å²) >= 11 is 0. The summed E-state index contributed by atoms with van der Waals surface area (Å²) in [5, 5.41) is 31.7. The second-order valence-electron chi connectivity index (χ2n) is 16.3. The number of carbonyl (C=O) groups is 2. The second kappa shape index (κ2) is 37.0. The largest absolute Gasteiger partial charge is 0.463 e. The highest BCUT2D eigenvalue weighted by Crippen LogP contribution is 2.25. The molecule has 326 valence electrons. The molecule has 1 aliphatic rings. The molecule has 0 aliphatic carbocycles. The Labute approximate surface area is 336 Å². The maximum absolute atomic E-state index is 12.7. The summed E-state index contributed by atoms with van der Waals surface area (Å²) in [7, 11) is 0. The van der Waals surface area contributed by atoms with E-state index >= 15 is 0 Å². The quantitative estimate of drug-likeness (QED) is 0.0349. The van der Waals surface area contributed by atoms with Crippen molar-refractivity contribution in [2.45, 2.75) is 256 Å². The smallest absolute Gasteiger partial charge is 0.306 e. The molecule has 55 heavy (non-hydrogen) atoms. The van der Waals surface area contributed by atoms with Gasteiger partial charge in [0.1, 0.15) is 31.0 Å². The highest BCUT2D eigenvalue weighted by Gasteiger charge is 2.47. The molecule has 1 saturated heterocycles. The van der Waals surface area contributed by atoms with Crippen molar-refractivity contribution in [1.82, 2.24) is 0 Å². The average Bonchev–Trinajstić information content (AvgIpc) is 3.18. The lowest BCUT2D eigenvalue weighted by Crippen LogP contribution is -2.61. The standard InChI is InChI=1S/C45H87NO9/c1-3-5-7-9-11-13-15-17-18-19-20-22-24-26-28-30-32-34-41(49)55-44-43(51)42(50)39(35-46)54-45(44)53-37-38(47)36-52-40(48)33-31-29-27-25-23-21-16-14-12-10-8-6-4-2/h38-39,42-45,47,50-51H,3-37,46H2,1-2H3/t38?,39-,42-,43+,44-,45?/m1/s1. The van der Waals surface area contributed by atoms with Crippen LogP contribution in [0.4, 0.5) is 0 Å². The SMILES string of the molecule is CCCCCCCCCCCCCCCCCCCC(=O)O[C@H]1C(OCC(O)COC(=O)CCCCCCCCCCCCCCC)O[C@H](CN)[C@@H](O)[C@@H]1O. The molecule has 1 rings (SSSR count). The van der Waals surface area contributed by atoms with Crippen LogP contribution in [0.5, 0.6) is 0 Å². The third kappa shape index (κ3) is 28.7. The molecule has 10 nitrogen and oxygen atoms in total. The van der Waals surface area contributed by atoms with E-state index in [1.54, 1.807) is 0 Å². The van der Waals surface area contributed by atoms with Crippen LogP contribution in [0.25, 0.3) is 0 Å². The first-order valence-corrected chi connectivity index (χ1v) is 23.2. The minimum absolute atomic E-state index is 0.0859. The van der Waals surface area contributed by atoms with E-state index in [0.29, 0.717) is 12.8 Å². The van der Waals surface area contributed by atoms with Crippen molar-refractivity contribution >= 4 is 11.9 Å². The molecule has 1 aliphatic heterocycles. The van der Waals surface area contributed by atoms with Crippen molar-refractivity contribution in [3.8, 4) is 0 Å². The maximum Gasteiger partial charge on any atom is 0.306 e. The number of nitrogens with two attached hydrogens (primary N) is 1. The fourth-order valence-electron chi connectivity index (χ4n) is 7.37. The zero-order valence-electron chi connectivity index (χ0n) is 35.6. The van der Waals surface area contributed by atoms with Gasteiger partial charge in [-0.1, -0.05) is 194 Å². The number of unbranched alkanes of at least 4 members (excludes halogenated alkanes) is 28. The first-order chi connectivity index (χ1) is 26.8. The summed E-state index contributed by atoms with van der Waals surface area (Å²) in [6.45, 7) is 3.89. The van der Waals surface area contributed by atoms with Gasteiger partial charge in [-0.05, 0) is 12.8 Å². The molecule has 10 heteroatoms. The van der Waals surface area contributed by atoms with E-state index in [1.807, 2.05) is 0 Å². The molecule has 0 spiro atoms. The summed E-state index contributed by atoms with van der Waals surface area (Å²) in [5.41, 5.74) is 5.72. The Hall–Kier alpha value is -1.30. The predicted octanol–water partition coefficient (Wildman–Crippen LogP) is 9.75. The van der Waals surface area contributed by atoms with Gasteiger partial charge < -0.3 is 40.0 Å². The lowest BCUT2D eigenvalue weighted by molar-refractivity contribution is -0.302. The third-order valence-electron chi connectivity index (χ3n) is 11.0. The minimum atomic E-state index is -1.47. The Kier molecular flexibility index (Phi) is 34.8. The van der Waals surface area contributed by atoms with Crippen molar-refractivity contribution in [3.63, 3.8) is 0 Å². The molecule has 0 aromatic carbocycles. The number of aliphatic hydroxyl groups is 3. The average molecular weight is 786 g/mol. The van der Waals surface area contributed by atoms with Gasteiger partial charge in [-0.15, -0.1) is 0 Å². The molecule has 0 saturated carbocycles. The number of ether oxygens (including phenoxy) is 4. The minimum Gasteiger partial charge on any atom is -0.463 e. The van der Waals surface area contributed by atoms with Crippen molar-refractivity contribution in [1.29, 1.82) is 0 Å². The summed E-state index contributed by atoms with van der Waals surface area (Å²) in [4.78, 5) is 24.9. The van der Waals surface area contributed by atoms with Crippen LogP contribution in [0.1, 0.15) is 219 Å². The molecule has 0 radical (unpaired) electrons. The van der Waals surface area contributed by atoms with Gasteiger partial charge in [-0.3, -0.25) is 9.59 Å².